The lowest BCUT2D eigenvalue weighted by atomic mass is 10.1. The number of hydrogen-bond acceptors (Lipinski definition) is 5. The molecule has 1 aliphatic heterocycles. The third-order valence-corrected chi connectivity index (χ3v) is 4.32. The van der Waals surface area contributed by atoms with Crippen molar-refractivity contribution in [1.82, 2.24) is 10.6 Å². The fraction of sp³-hybridized carbons (Fsp3) is 0.667. The highest BCUT2D eigenvalue weighted by atomic mass is 16.5. The number of ether oxygens (including phenoxy) is 4. The average Bonchev–Trinajstić information content (AvgIpc) is 3.04. The molecule has 1 heterocycles. The maximum atomic E-state index is 5.90. The zero-order chi connectivity index (χ0) is 20.2. The molecule has 1 atom stereocenters. The van der Waals surface area contributed by atoms with Crippen molar-refractivity contribution in [3.05, 3.63) is 23.3 Å². The van der Waals surface area contributed by atoms with E-state index in [4.69, 9.17) is 23.9 Å². The monoisotopic (exact) mass is 393 g/mol. The van der Waals surface area contributed by atoms with Crippen LogP contribution in [0, 0.1) is 0 Å². The van der Waals surface area contributed by atoms with Crippen molar-refractivity contribution in [2.45, 2.75) is 46.3 Å². The number of fused-ring (bicyclic) bond motifs is 1. The first-order valence-corrected chi connectivity index (χ1v) is 10.2. The predicted molar refractivity (Wildman–Crippen MR) is 112 cm³/mol. The fourth-order valence-electron chi connectivity index (χ4n) is 3.03. The Balaban J connectivity index is 1.93. The average molecular weight is 394 g/mol. The smallest absolute Gasteiger partial charge is 0.191 e. The maximum Gasteiger partial charge on any atom is 0.191 e. The van der Waals surface area contributed by atoms with Crippen LogP contribution in [0.25, 0.3) is 0 Å². The Morgan fingerprint density at radius 1 is 1.21 bits per heavy atom. The van der Waals surface area contributed by atoms with Gasteiger partial charge in [0.1, 0.15) is 17.6 Å². The van der Waals surface area contributed by atoms with Crippen molar-refractivity contribution in [2.75, 3.05) is 46.6 Å². The van der Waals surface area contributed by atoms with Gasteiger partial charge in [-0.05, 0) is 39.3 Å². The van der Waals surface area contributed by atoms with Crippen LogP contribution in [0.4, 0.5) is 0 Å². The third-order valence-electron chi connectivity index (χ3n) is 4.32. The Hall–Kier alpha value is -1.99. The van der Waals surface area contributed by atoms with E-state index in [0.717, 1.165) is 49.0 Å². The minimum Gasteiger partial charge on any atom is -0.494 e. The van der Waals surface area contributed by atoms with Gasteiger partial charge in [0.15, 0.2) is 5.96 Å². The number of hydrogen-bond donors (Lipinski definition) is 2. The summed E-state index contributed by atoms with van der Waals surface area (Å²) in [6, 6.07) is 4.17. The van der Waals surface area contributed by atoms with Crippen LogP contribution in [-0.2, 0) is 22.4 Å². The molecule has 2 rings (SSSR count). The SMILES string of the molecule is CCNC(=NCc1cc2c(cc1OCC)CC(C)O2)NCCCOCCOC. The van der Waals surface area contributed by atoms with E-state index in [9.17, 15) is 0 Å². The molecule has 0 fully saturated rings. The summed E-state index contributed by atoms with van der Waals surface area (Å²) >= 11 is 0. The second-order valence-electron chi connectivity index (χ2n) is 6.71. The van der Waals surface area contributed by atoms with E-state index < -0.39 is 0 Å². The first-order valence-electron chi connectivity index (χ1n) is 10.2. The Morgan fingerprint density at radius 3 is 2.82 bits per heavy atom. The third kappa shape index (κ3) is 7.20. The number of nitrogens with zero attached hydrogens (tertiary/aromatic N) is 1. The van der Waals surface area contributed by atoms with Crippen LogP contribution < -0.4 is 20.1 Å². The summed E-state index contributed by atoms with van der Waals surface area (Å²) in [5.41, 5.74) is 2.25. The second kappa shape index (κ2) is 12.5. The van der Waals surface area contributed by atoms with E-state index in [1.807, 2.05) is 6.92 Å². The van der Waals surface area contributed by atoms with E-state index in [2.05, 4.69) is 36.6 Å². The molecule has 1 aromatic carbocycles. The molecule has 28 heavy (non-hydrogen) atoms. The van der Waals surface area contributed by atoms with Crippen LogP contribution in [0.3, 0.4) is 0 Å². The van der Waals surface area contributed by atoms with Gasteiger partial charge < -0.3 is 29.6 Å². The van der Waals surface area contributed by atoms with Crippen LogP contribution >= 0.6 is 0 Å². The van der Waals surface area contributed by atoms with Crippen molar-refractivity contribution < 1.29 is 18.9 Å². The van der Waals surface area contributed by atoms with Gasteiger partial charge in [-0.25, -0.2) is 4.99 Å². The molecule has 0 aliphatic carbocycles. The molecule has 2 N–H and O–H groups in total. The molecular weight excluding hydrogens is 358 g/mol. The van der Waals surface area contributed by atoms with E-state index in [0.29, 0.717) is 33.0 Å². The number of benzene rings is 1. The molecule has 0 saturated carbocycles. The van der Waals surface area contributed by atoms with E-state index in [1.165, 1.54) is 5.56 Å². The minimum atomic E-state index is 0.216. The maximum absolute atomic E-state index is 5.90. The molecule has 0 saturated heterocycles. The highest BCUT2D eigenvalue weighted by Crippen LogP contribution is 2.35. The molecule has 0 bridgehead atoms. The molecule has 0 amide bonds. The van der Waals surface area contributed by atoms with Crippen LogP contribution in [0.2, 0.25) is 0 Å². The molecule has 7 nitrogen and oxygen atoms in total. The lowest BCUT2D eigenvalue weighted by Crippen LogP contribution is -2.38. The van der Waals surface area contributed by atoms with Gasteiger partial charge in [-0.15, -0.1) is 0 Å². The molecule has 0 spiro atoms. The summed E-state index contributed by atoms with van der Waals surface area (Å²) in [5.74, 6) is 2.63. The second-order valence-corrected chi connectivity index (χ2v) is 6.71. The van der Waals surface area contributed by atoms with Gasteiger partial charge in [0.25, 0.3) is 0 Å². The summed E-state index contributed by atoms with van der Waals surface area (Å²) in [4.78, 5) is 4.72. The molecule has 0 radical (unpaired) electrons. The largest absolute Gasteiger partial charge is 0.494 e. The standard InChI is InChI=1S/C21H35N3O4/c1-5-22-21(23-8-7-9-26-11-10-25-4)24-15-18-14-20-17(12-16(3)28-20)13-19(18)27-6-2/h13-14,16H,5-12,15H2,1-4H3,(H2,22,23,24). The summed E-state index contributed by atoms with van der Waals surface area (Å²) < 4.78 is 22.2. The van der Waals surface area contributed by atoms with Gasteiger partial charge in [-0.2, -0.15) is 0 Å². The van der Waals surface area contributed by atoms with Gasteiger partial charge in [0.2, 0.25) is 0 Å². The van der Waals surface area contributed by atoms with Gasteiger partial charge in [0.05, 0.1) is 26.4 Å². The quantitative estimate of drug-likeness (QED) is 0.323. The van der Waals surface area contributed by atoms with Gasteiger partial charge in [0, 0.05) is 44.4 Å². The van der Waals surface area contributed by atoms with Gasteiger partial charge in [-0.3, -0.25) is 0 Å². The number of aliphatic imine (C=N–C) groups is 1. The van der Waals surface area contributed by atoms with Crippen LogP contribution in [0.15, 0.2) is 17.1 Å². The van der Waals surface area contributed by atoms with E-state index in [1.54, 1.807) is 7.11 Å². The van der Waals surface area contributed by atoms with Crippen molar-refractivity contribution in [2.24, 2.45) is 4.99 Å². The topological polar surface area (TPSA) is 73.3 Å². The Morgan fingerprint density at radius 2 is 2.07 bits per heavy atom. The van der Waals surface area contributed by atoms with Crippen LogP contribution in [0.1, 0.15) is 38.3 Å². The highest BCUT2D eigenvalue weighted by molar-refractivity contribution is 5.79. The first-order chi connectivity index (χ1) is 13.7. The number of guanidine groups is 1. The van der Waals surface area contributed by atoms with Crippen molar-refractivity contribution in [3.63, 3.8) is 0 Å². The van der Waals surface area contributed by atoms with Crippen molar-refractivity contribution in [3.8, 4) is 11.5 Å². The summed E-state index contributed by atoms with van der Waals surface area (Å²) in [6.07, 6.45) is 2.05. The van der Waals surface area contributed by atoms with Crippen LogP contribution in [-0.4, -0.2) is 58.7 Å². The highest BCUT2D eigenvalue weighted by Gasteiger charge is 2.21. The first kappa shape index (κ1) is 22.3. The van der Waals surface area contributed by atoms with Crippen LogP contribution in [0.5, 0.6) is 11.5 Å². The van der Waals surface area contributed by atoms with Gasteiger partial charge >= 0.3 is 0 Å². The predicted octanol–water partition coefficient (Wildman–Crippen LogP) is 2.52. The van der Waals surface area contributed by atoms with Crippen molar-refractivity contribution in [1.29, 1.82) is 0 Å². The summed E-state index contributed by atoms with van der Waals surface area (Å²) in [6.45, 7) is 10.9. The van der Waals surface area contributed by atoms with Crippen molar-refractivity contribution >= 4 is 5.96 Å². The Labute approximate surface area is 168 Å². The molecular formula is C21H35N3O4. The summed E-state index contributed by atoms with van der Waals surface area (Å²) in [7, 11) is 1.68. The number of methoxy groups -OCH3 is 1. The zero-order valence-corrected chi connectivity index (χ0v) is 17.7. The molecule has 1 aromatic rings. The molecule has 7 heteroatoms. The summed E-state index contributed by atoms with van der Waals surface area (Å²) in [5, 5.41) is 6.63. The Bertz CT molecular complexity index is 622. The molecule has 1 unspecified atom stereocenters. The van der Waals surface area contributed by atoms with E-state index in [-0.39, 0.29) is 6.10 Å². The molecule has 0 aromatic heterocycles. The zero-order valence-electron chi connectivity index (χ0n) is 17.7. The normalized spacial score (nSPS) is 15.9. The minimum absolute atomic E-state index is 0.216. The number of nitrogens with one attached hydrogen (secondary N) is 2. The molecule has 1 aliphatic rings. The lowest BCUT2D eigenvalue weighted by molar-refractivity contribution is 0.0698. The molecule has 158 valence electrons. The lowest BCUT2D eigenvalue weighted by Gasteiger charge is -2.14. The van der Waals surface area contributed by atoms with E-state index >= 15 is 0 Å². The number of rotatable bonds is 12. The Kier molecular flexibility index (Phi) is 9.93. The van der Waals surface area contributed by atoms with Gasteiger partial charge in [-0.1, -0.05) is 0 Å². The fourth-order valence-corrected chi connectivity index (χ4v) is 3.03.